The minimum absolute atomic E-state index is 0.0296. The van der Waals surface area contributed by atoms with Crippen molar-refractivity contribution in [3.05, 3.63) is 91.5 Å². The lowest BCUT2D eigenvalue weighted by molar-refractivity contribution is -0.124. The molecule has 1 amide bonds. The van der Waals surface area contributed by atoms with Crippen molar-refractivity contribution in [1.82, 2.24) is 9.88 Å². The average molecular weight is 465 g/mol. The molecule has 1 aromatic heterocycles. The molecule has 5 nitrogen and oxygen atoms in total. The van der Waals surface area contributed by atoms with Gasteiger partial charge in [-0.25, -0.2) is 0 Å². The predicted molar refractivity (Wildman–Crippen MR) is 133 cm³/mol. The van der Waals surface area contributed by atoms with Crippen molar-refractivity contribution < 1.29 is 9.90 Å². The van der Waals surface area contributed by atoms with Crippen LogP contribution in [0.3, 0.4) is 0 Å². The summed E-state index contributed by atoms with van der Waals surface area (Å²) in [5.41, 5.74) is 3.96. The molecule has 1 saturated carbocycles. The summed E-state index contributed by atoms with van der Waals surface area (Å²) in [4.78, 5) is 26.8. The minimum Gasteiger partial charge on any atom is -0.394 e. The van der Waals surface area contributed by atoms with Crippen molar-refractivity contribution in [3.8, 4) is 0 Å². The zero-order valence-corrected chi connectivity index (χ0v) is 20.1. The van der Waals surface area contributed by atoms with Crippen LogP contribution < -0.4 is 10.2 Å². The van der Waals surface area contributed by atoms with E-state index in [0.29, 0.717) is 12.5 Å². The third kappa shape index (κ3) is 5.28. The molecular formula is C27H32N2O3S. The lowest BCUT2D eigenvalue weighted by Gasteiger charge is -2.26. The van der Waals surface area contributed by atoms with Crippen LogP contribution in [0.4, 0.5) is 0 Å². The van der Waals surface area contributed by atoms with Crippen LogP contribution in [0.25, 0.3) is 0 Å². The third-order valence-corrected chi connectivity index (χ3v) is 7.91. The molecule has 2 atom stereocenters. The normalized spacial score (nSPS) is 16.0. The van der Waals surface area contributed by atoms with E-state index in [1.165, 1.54) is 11.3 Å². The second-order valence-electron chi connectivity index (χ2n) is 9.01. The summed E-state index contributed by atoms with van der Waals surface area (Å²) in [6, 6.07) is 17.3. The second kappa shape index (κ2) is 10.5. The van der Waals surface area contributed by atoms with Crippen molar-refractivity contribution in [2.45, 2.75) is 58.0 Å². The van der Waals surface area contributed by atoms with Crippen molar-refractivity contribution in [3.63, 3.8) is 0 Å². The number of amides is 1. The summed E-state index contributed by atoms with van der Waals surface area (Å²) in [7, 11) is 0. The van der Waals surface area contributed by atoms with Crippen LogP contribution >= 0.6 is 11.3 Å². The Bertz CT molecular complexity index is 1130. The van der Waals surface area contributed by atoms with Gasteiger partial charge >= 0.3 is 4.87 Å². The van der Waals surface area contributed by atoms with E-state index in [0.717, 1.165) is 52.9 Å². The maximum absolute atomic E-state index is 13.5. The molecule has 6 heteroatoms. The lowest BCUT2D eigenvalue weighted by atomic mass is 9.83. The van der Waals surface area contributed by atoms with Crippen LogP contribution in [0, 0.1) is 19.8 Å². The van der Waals surface area contributed by atoms with Crippen molar-refractivity contribution in [2.24, 2.45) is 5.92 Å². The van der Waals surface area contributed by atoms with Crippen LogP contribution in [0.2, 0.25) is 0 Å². The van der Waals surface area contributed by atoms with Gasteiger partial charge in [-0.05, 0) is 49.3 Å². The van der Waals surface area contributed by atoms with E-state index in [4.69, 9.17) is 0 Å². The highest BCUT2D eigenvalue weighted by Crippen LogP contribution is 2.38. The molecule has 1 fully saturated rings. The molecule has 1 heterocycles. The van der Waals surface area contributed by atoms with Crippen molar-refractivity contribution in [1.29, 1.82) is 0 Å². The predicted octanol–water partition coefficient (Wildman–Crippen LogP) is 4.70. The Balaban J connectivity index is 1.55. The largest absolute Gasteiger partial charge is 0.394 e. The van der Waals surface area contributed by atoms with E-state index in [1.807, 2.05) is 73.0 Å². The van der Waals surface area contributed by atoms with Crippen LogP contribution in [0.15, 0.2) is 59.4 Å². The summed E-state index contributed by atoms with van der Waals surface area (Å²) in [5, 5.41) is 13.0. The fourth-order valence-corrected chi connectivity index (χ4v) is 5.72. The molecule has 4 rings (SSSR count). The number of aliphatic hydroxyl groups excluding tert-OH is 1. The van der Waals surface area contributed by atoms with Crippen LogP contribution in [0.5, 0.6) is 0 Å². The van der Waals surface area contributed by atoms with Gasteiger partial charge in [-0.3, -0.25) is 14.2 Å². The maximum atomic E-state index is 13.5. The quantitative estimate of drug-likeness (QED) is 0.508. The highest BCUT2D eigenvalue weighted by atomic mass is 32.1. The summed E-state index contributed by atoms with van der Waals surface area (Å²) in [6.07, 6.45) is 4.37. The monoisotopic (exact) mass is 464 g/mol. The summed E-state index contributed by atoms with van der Waals surface area (Å²) in [5.74, 6) is 0.0283. The zero-order valence-electron chi connectivity index (χ0n) is 19.3. The molecule has 0 aliphatic heterocycles. The number of thiazole rings is 1. The van der Waals surface area contributed by atoms with Gasteiger partial charge in [0.25, 0.3) is 0 Å². The number of nitrogens with one attached hydrogen (secondary N) is 1. The standard InChI is InChI=1S/C27H32N2O3S/c1-18-19(2)33-27(32)29(18)16-20-12-14-23(15-13-20)25(22-10-6-7-11-22)26(31)28-24(17-30)21-8-4-3-5-9-21/h3-5,8-9,12-15,22,24-25,30H,6-7,10-11,16-17H2,1-2H3,(H,28,31). The molecule has 0 radical (unpaired) electrons. The van der Waals surface area contributed by atoms with E-state index in [9.17, 15) is 14.7 Å². The average Bonchev–Trinajstić information content (AvgIpc) is 3.43. The number of nitrogens with zero attached hydrogens (tertiary/aromatic N) is 1. The number of rotatable bonds is 8. The van der Waals surface area contributed by atoms with Crippen molar-refractivity contribution >= 4 is 17.2 Å². The molecule has 0 spiro atoms. The summed E-state index contributed by atoms with van der Waals surface area (Å²) >= 11 is 1.28. The minimum atomic E-state index is -0.418. The number of aryl methyl sites for hydroxylation is 1. The van der Waals surface area contributed by atoms with Gasteiger partial charge in [-0.1, -0.05) is 78.8 Å². The number of aliphatic hydroxyl groups is 1. The first-order chi connectivity index (χ1) is 16.0. The smallest absolute Gasteiger partial charge is 0.307 e. The molecule has 33 heavy (non-hydrogen) atoms. The van der Waals surface area contributed by atoms with Gasteiger partial charge in [0.05, 0.1) is 25.1 Å². The number of hydrogen-bond acceptors (Lipinski definition) is 4. The van der Waals surface area contributed by atoms with E-state index in [2.05, 4.69) is 5.32 Å². The zero-order chi connectivity index (χ0) is 23.4. The first-order valence-corrected chi connectivity index (χ1v) is 12.5. The van der Waals surface area contributed by atoms with Gasteiger partial charge < -0.3 is 10.4 Å². The Morgan fingerprint density at radius 3 is 2.30 bits per heavy atom. The first kappa shape index (κ1) is 23.5. The molecule has 174 valence electrons. The van der Waals surface area contributed by atoms with Crippen LogP contribution in [0.1, 0.15) is 64.9 Å². The van der Waals surface area contributed by atoms with E-state index in [-0.39, 0.29) is 23.3 Å². The Morgan fingerprint density at radius 1 is 1.06 bits per heavy atom. The van der Waals surface area contributed by atoms with E-state index in [1.54, 1.807) is 0 Å². The molecule has 0 bridgehead atoms. The molecule has 1 aliphatic carbocycles. The van der Waals surface area contributed by atoms with Gasteiger partial charge in [-0.2, -0.15) is 0 Å². The Morgan fingerprint density at radius 2 is 1.73 bits per heavy atom. The van der Waals surface area contributed by atoms with Gasteiger partial charge in [0.1, 0.15) is 0 Å². The topological polar surface area (TPSA) is 71.3 Å². The first-order valence-electron chi connectivity index (χ1n) is 11.7. The number of benzene rings is 2. The SMILES string of the molecule is Cc1sc(=O)n(Cc2ccc(C(C(=O)NC(CO)c3ccccc3)C3CCCC3)cc2)c1C. The molecule has 1 aliphatic rings. The number of hydrogen-bond donors (Lipinski definition) is 2. The Labute approximate surface area is 199 Å². The van der Waals surface area contributed by atoms with E-state index < -0.39 is 6.04 Å². The maximum Gasteiger partial charge on any atom is 0.307 e. The third-order valence-electron chi connectivity index (χ3n) is 6.91. The van der Waals surface area contributed by atoms with Gasteiger partial charge in [0, 0.05) is 10.6 Å². The molecule has 2 unspecified atom stereocenters. The van der Waals surface area contributed by atoms with Gasteiger partial charge in [0.15, 0.2) is 0 Å². The Kier molecular flexibility index (Phi) is 7.46. The second-order valence-corrected chi connectivity index (χ2v) is 10.2. The molecule has 2 N–H and O–H groups in total. The molecular weight excluding hydrogens is 432 g/mol. The van der Waals surface area contributed by atoms with Crippen LogP contribution in [-0.2, 0) is 11.3 Å². The molecule has 2 aromatic carbocycles. The highest BCUT2D eigenvalue weighted by Gasteiger charge is 2.33. The van der Waals surface area contributed by atoms with Crippen molar-refractivity contribution in [2.75, 3.05) is 6.61 Å². The Hall–Kier alpha value is -2.70. The summed E-state index contributed by atoms with van der Waals surface area (Å²) < 4.78 is 1.81. The fourth-order valence-electron chi connectivity index (χ4n) is 4.89. The fraction of sp³-hybridized carbons (Fsp3) is 0.407. The number of carbonyl (C=O) groups is 1. The molecule has 0 saturated heterocycles. The lowest BCUT2D eigenvalue weighted by Crippen LogP contribution is -2.37. The van der Waals surface area contributed by atoms with Gasteiger partial charge in [0.2, 0.25) is 5.91 Å². The molecule has 3 aromatic rings. The summed E-state index contributed by atoms with van der Waals surface area (Å²) in [6.45, 7) is 4.35. The highest BCUT2D eigenvalue weighted by molar-refractivity contribution is 7.09. The van der Waals surface area contributed by atoms with Gasteiger partial charge in [-0.15, -0.1) is 0 Å². The van der Waals surface area contributed by atoms with E-state index >= 15 is 0 Å². The number of aromatic nitrogens is 1. The van der Waals surface area contributed by atoms with Crippen LogP contribution in [-0.4, -0.2) is 22.2 Å². The number of carbonyl (C=O) groups excluding carboxylic acids is 1.